The predicted octanol–water partition coefficient (Wildman–Crippen LogP) is 1.21. The van der Waals surface area contributed by atoms with Crippen LogP contribution in [0.3, 0.4) is 0 Å². The fraction of sp³-hybridized carbons (Fsp3) is 0.500. The Hall–Kier alpha value is -1.85. The van der Waals surface area contributed by atoms with Crippen LogP contribution in [0.1, 0.15) is 25.6 Å². The van der Waals surface area contributed by atoms with E-state index in [2.05, 4.69) is 10.2 Å². The lowest BCUT2D eigenvalue weighted by atomic mass is 10.3. The zero-order valence-corrected chi connectivity index (χ0v) is 9.51. The van der Waals surface area contributed by atoms with E-state index in [1.807, 2.05) is 25.5 Å². The lowest BCUT2D eigenvalue weighted by Gasteiger charge is -2.04. The molecule has 0 spiro atoms. The van der Waals surface area contributed by atoms with E-state index in [1.165, 1.54) is 4.68 Å². The van der Waals surface area contributed by atoms with Gasteiger partial charge < -0.3 is 5.11 Å². The van der Waals surface area contributed by atoms with Crippen LogP contribution < -0.4 is 0 Å². The van der Waals surface area contributed by atoms with Crippen LogP contribution in [0.15, 0.2) is 6.20 Å². The summed E-state index contributed by atoms with van der Waals surface area (Å²) in [6.07, 6.45) is 1.66. The van der Waals surface area contributed by atoms with Crippen LogP contribution in [-0.2, 0) is 11.3 Å². The van der Waals surface area contributed by atoms with Crippen molar-refractivity contribution in [3.8, 4) is 0 Å². The molecule has 0 saturated carbocycles. The Morgan fingerprint density at radius 2 is 2.25 bits per heavy atom. The molecule has 0 unspecified atom stereocenters. The third-order valence-electron chi connectivity index (χ3n) is 2.44. The van der Waals surface area contributed by atoms with Gasteiger partial charge in [0.15, 0.2) is 0 Å². The smallest absolute Gasteiger partial charge is 0.325 e. The maximum atomic E-state index is 10.7. The number of hydrogen-bond acceptors (Lipinski definition) is 3. The molecule has 86 valence electrons. The number of carboxylic acid groups (broad SMARTS) is 1. The summed E-state index contributed by atoms with van der Waals surface area (Å²) >= 11 is 0. The van der Waals surface area contributed by atoms with E-state index in [9.17, 15) is 4.79 Å². The van der Waals surface area contributed by atoms with E-state index < -0.39 is 5.97 Å². The first-order chi connectivity index (χ1) is 7.50. The Labute approximate surface area is 92.5 Å². The maximum Gasteiger partial charge on any atom is 0.325 e. The van der Waals surface area contributed by atoms with E-state index in [-0.39, 0.29) is 12.6 Å². The minimum Gasteiger partial charge on any atom is -0.480 e. The molecule has 0 amide bonds. The van der Waals surface area contributed by atoms with Gasteiger partial charge in [0, 0.05) is 6.04 Å². The van der Waals surface area contributed by atoms with E-state index in [4.69, 9.17) is 5.11 Å². The molecule has 2 heterocycles. The summed E-state index contributed by atoms with van der Waals surface area (Å²) in [4.78, 5) is 10.7. The maximum absolute atomic E-state index is 10.7. The van der Waals surface area contributed by atoms with Crippen molar-refractivity contribution in [2.75, 3.05) is 0 Å². The molecule has 2 aromatic rings. The summed E-state index contributed by atoms with van der Waals surface area (Å²) in [7, 11) is 0. The van der Waals surface area contributed by atoms with E-state index in [1.54, 1.807) is 6.20 Å². The topological polar surface area (TPSA) is 72.9 Å². The molecule has 2 aromatic heterocycles. The van der Waals surface area contributed by atoms with Gasteiger partial charge >= 0.3 is 5.97 Å². The first kappa shape index (κ1) is 10.7. The van der Waals surface area contributed by atoms with Gasteiger partial charge in [0.25, 0.3) is 0 Å². The number of aryl methyl sites for hydroxylation is 1. The summed E-state index contributed by atoms with van der Waals surface area (Å²) in [6.45, 7) is 5.79. The van der Waals surface area contributed by atoms with Gasteiger partial charge in [-0.15, -0.1) is 0 Å². The second kappa shape index (κ2) is 3.62. The van der Waals surface area contributed by atoms with Crippen LogP contribution >= 0.6 is 0 Å². The molecule has 0 aliphatic rings. The van der Waals surface area contributed by atoms with Crippen molar-refractivity contribution >= 4 is 17.0 Å². The number of rotatable bonds is 3. The zero-order valence-electron chi connectivity index (χ0n) is 9.51. The van der Waals surface area contributed by atoms with Crippen LogP contribution in [0.5, 0.6) is 0 Å². The van der Waals surface area contributed by atoms with E-state index in [0.717, 1.165) is 16.7 Å². The molecule has 6 nitrogen and oxygen atoms in total. The number of aromatic nitrogens is 4. The van der Waals surface area contributed by atoms with Crippen molar-refractivity contribution in [3.63, 3.8) is 0 Å². The normalized spacial score (nSPS) is 11.5. The molecule has 0 aromatic carbocycles. The van der Waals surface area contributed by atoms with Gasteiger partial charge in [-0.3, -0.25) is 14.2 Å². The lowest BCUT2D eigenvalue weighted by Crippen LogP contribution is -2.09. The summed E-state index contributed by atoms with van der Waals surface area (Å²) in [5, 5.41) is 17.2. The predicted molar refractivity (Wildman–Crippen MR) is 58.3 cm³/mol. The van der Waals surface area contributed by atoms with Crippen molar-refractivity contribution in [3.05, 3.63) is 11.9 Å². The van der Waals surface area contributed by atoms with Gasteiger partial charge in [-0.05, 0) is 20.8 Å². The van der Waals surface area contributed by atoms with Crippen molar-refractivity contribution < 1.29 is 9.90 Å². The highest BCUT2D eigenvalue weighted by molar-refractivity contribution is 5.79. The standard InChI is InChI=1S/C10H14N4O2/c1-6(2)14-8-4-11-13(5-9(15)16)10(8)7(3)12-14/h4,6H,5H2,1-3H3,(H,15,16). The molecular formula is C10H14N4O2. The molecule has 0 radical (unpaired) electrons. The number of aliphatic carboxylic acids is 1. The molecule has 2 rings (SSSR count). The summed E-state index contributed by atoms with van der Waals surface area (Å²) in [5.41, 5.74) is 2.49. The highest BCUT2D eigenvalue weighted by Gasteiger charge is 2.16. The average Bonchev–Trinajstić information content (AvgIpc) is 2.68. The van der Waals surface area contributed by atoms with Gasteiger partial charge in [0.05, 0.1) is 11.9 Å². The molecule has 0 aliphatic heterocycles. The Bertz CT molecular complexity index is 538. The number of nitrogens with zero attached hydrogens (tertiary/aromatic N) is 4. The zero-order chi connectivity index (χ0) is 11.9. The third-order valence-corrected chi connectivity index (χ3v) is 2.44. The average molecular weight is 222 g/mol. The molecule has 16 heavy (non-hydrogen) atoms. The van der Waals surface area contributed by atoms with E-state index in [0.29, 0.717) is 0 Å². The molecule has 0 saturated heterocycles. The van der Waals surface area contributed by atoms with Crippen molar-refractivity contribution in [2.45, 2.75) is 33.4 Å². The quantitative estimate of drug-likeness (QED) is 0.847. The third kappa shape index (κ3) is 1.56. The first-order valence-corrected chi connectivity index (χ1v) is 5.13. The largest absolute Gasteiger partial charge is 0.480 e. The van der Waals surface area contributed by atoms with Crippen LogP contribution in [-0.4, -0.2) is 30.6 Å². The van der Waals surface area contributed by atoms with E-state index >= 15 is 0 Å². The molecular weight excluding hydrogens is 208 g/mol. The van der Waals surface area contributed by atoms with Crippen molar-refractivity contribution in [1.29, 1.82) is 0 Å². The second-order valence-electron chi connectivity index (χ2n) is 4.05. The Kier molecular flexibility index (Phi) is 2.41. The molecule has 6 heteroatoms. The van der Waals surface area contributed by atoms with Crippen LogP contribution in [0, 0.1) is 6.92 Å². The molecule has 0 atom stereocenters. The molecule has 1 N–H and O–H groups in total. The molecule has 0 fully saturated rings. The van der Waals surface area contributed by atoms with Gasteiger partial charge in [0.1, 0.15) is 17.6 Å². The van der Waals surface area contributed by atoms with Crippen LogP contribution in [0.25, 0.3) is 11.0 Å². The Morgan fingerprint density at radius 1 is 1.56 bits per heavy atom. The highest BCUT2D eigenvalue weighted by Crippen LogP contribution is 2.20. The van der Waals surface area contributed by atoms with Crippen molar-refractivity contribution in [1.82, 2.24) is 19.6 Å². The second-order valence-corrected chi connectivity index (χ2v) is 4.05. The molecule has 0 bridgehead atoms. The lowest BCUT2D eigenvalue weighted by molar-refractivity contribution is -0.137. The summed E-state index contributed by atoms with van der Waals surface area (Å²) < 4.78 is 3.33. The Morgan fingerprint density at radius 3 is 2.81 bits per heavy atom. The summed E-state index contributed by atoms with van der Waals surface area (Å²) in [5.74, 6) is -0.901. The van der Waals surface area contributed by atoms with Gasteiger partial charge in [-0.1, -0.05) is 0 Å². The van der Waals surface area contributed by atoms with Gasteiger partial charge in [0.2, 0.25) is 0 Å². The number of fused-ring (bicyclic) bond motifs is 1. The molecule has 0 aliphatic carbocycles. The van der Waals surface area contributed by atoms with Gasteiger partial charge in [-0.2, -0.15) is 10.2 Å². The number of hydrogen-bond donors (Lipinski definition) is 1. The Balaban J connectivity index is 2.59. The fourth-order valence-corrected chi connectivity index (χ4v) is 1.82. The minimum absolute atomic E-state index is 0.131. The SMILES string of the molecule is Cc1nn(C(C)C)c2cnn(CC(=O)O)c12. The summed E-state index contributed by atoms with van der Waals surface area (Å²) in [6, 6.07) is 0.235. The minimum atomic E-state index is -0.901. The van der Waals surface area contributed by atoms with Crippen LogP contribution in [0.2, 0.25) is 0 Å². The fourth-order valence-electron chi connectivity index (χ4n) is 1.82. The van der Waals surface area contributed by atoms with Crippen LogP contribution in [0.4, 0.5) is 0 Å². The van der Waals surface area contributed by atoms with Crippen molar-refractivity contribution in [2.24, 2.45) is 0 Å². The number of carbonyl (C=O) groups is 1. The number of carboxylic acids is 1. The highest BCUT2D eigenvalue weighted by atomic mass is 16.4. The monoisotopic (exact) mass is 222 g/mol. The van der Waals surface area contributed by atoms with Gasteiger partial charge in [-0.25, -0.2) is 0 Å². The first-order valence-electron chi connectivity index (χ1n) is 5.13.